The van der Waals surface area contributed by atoms with Crippen LogP contribution in [0.2, 0.25) is 0 Å². The van der Waals surface area contributed by atoms with E-state index in [1.807, 2.05) is 0 Å². The monoisotopic (exact) mass is 604 g/mol. The third-order valence-corrected chi connectivity index (χ3v) is 8.35. The number of rotatable bonds is 2. The summed E-state index contributed by atoms with van der Waals surface area (Å²) in [6, 6.07) is 2.74. The third kappa shape index (κ3) is 6.36. The largest absolute Gasteiger partial charge is 0.497 e. The first-order valence-electron chi connectivity index (χ1n) is 14.5. The van der Waals surface area contributed by atoms with Gasteiger partial charge >= 0.3 is 12.0 Å². The van der Waals surface area contributed by atoms with Crippen molar-refractivity contribution in [2.24, 2.45) is 17.3 Å². The zero-order valence-electron chi connectivity index (χ0n) is 25.2. The molecule has 1 N–H and O–H groups in total. The lowest BCUT2D eigenvalue weighted by atomic mass is 9.85. The summed E-state index contributed by atoms with van der Waals surface area (Å²) in [6.07, 6.45) is -1.06. The summed E-state index contributed by atoms with van der Waals surface area (Å²) in [5, 5.41) is 2.71. The Morgan fingerprint density at radius 1 is 1.14 bits per heavy atom. The predicted octanol–water partition coefficient (Wildman–Crippen LogP) is 3.86. The van der Waals surface area contributed by atoms with Gasteiger partial charge in [-0.25, -0.2) is 14.8 Å². The smallest absolute Gasteiger partial charge is 0.408 e. The number of Topliss-reactive ketones (excluding diaryl/α,β-unsaturated/α-hetero) is 1. The number of nitrogens with one attached hydrogen (secondary N) is 1. The fourth-order valence-electron chi connectivity index (χ4n) is 5.81. The summed E-state index contributed by atoms with van der Waals surface area (Å²) in [5.74, 6) is -4.97. The third-order valence-electron chi connectivity index (χ3n) is 8.35. The Hall–Kier alpha value is -3.61. The Labute approximate surface area is 248 Å². The fourth-order valence-corrected chi connectivity index (χ4v) is 5.81. The molecule has 1 saturated carbocycles. The van der Waals surface area contributed by atoms with Crippen LogP contribution in [-0.2, 0) is 25.0 Å². The van der Waals surface area contributed by atoms with Crippen LogP contribution in [0, 0.1) is 17.3 Å². The SMILES string of the molecule is COc1ccc2nc3c(nc2c1)O[C@H]1CN(C(=O)[C@H](C(C)(C)C)NC(=O)O[C@@H]2C[C@H]2CCOCC3(F)F)[C@H](C(C)=O)[C@@H]1C. The maximum atomic E-state index is 15.7. The van der Waals surface area contributed by atoms with Crippen LogP contribution in [0.5, 0.6) is 11.6 Å². The molecule has 0 radical (unpaired) electrons. The van der Waals surface area contributed by atoms with Gasteiger partial charge in [-0.3, -0.25) is 9.59 Å². The number of halogens is 2. The Kier molecular flexibility index (Phi) is 8.23. The number of alkyl halides is 2. The van der Waals surface area contributed by atoms with Crippen LogP contribution in [0.15, 0.2) is 18.2 Å². The molecule has 1 aliphatic carbocycles. The second-order valence-corrected chi connectivity index (χ2v) is 12.7. The van der Waals surface area contributed by atoms with E-state index in [9.17, 15) is 14.4 Å². The molecule has 1 saturated heterocycles. The van der Waals surface area contributed by atoms with E-state index in [0.717, 1.165) is 0 Å². The van der Waals surface area contributed by atoms with E-state index in [1.165, 1.54) is 25.0 Å². The molecule has 13 heteroatoms. The summed E-state index contributed by atoms with van der Waals surface area (Å²) in [6.45, 7) is 7.41. The van der Waals surface area contributed by atoms with Gasteiger partial charge in [0.15, 0.2) is 11.5 Å². The van der Waals surface area contributed by atoms with Crippen LogP contribution in [0.25, 0.3) is 11.0 Å². The minimum atomic E-state index is -3.57. The molecule has 6 atom stereocenters. The van der Waals surface area contributed by atoms with Crippen molar-refractivity contribution in [3.05, 3.63) is 23.9 Å². The van der Waals surface area contributed by atoms with E-state index < -0.39 is 71.7 Å². The first-order valence-corrected chi connectivity index (χ1v) is 14.5. The number of ketones is 1. The number of amides is 2. The van der Waals surface area contributed by atoms with Gasteiger partial charge in [-0.1, -0.05) is 27.7 Å². The van der Waals surface area contributed by atoms with E-state index in [-0.39, 0.29) is 35.9 Å². The molecule has 1 aromatic heterocycles. The van der Waals surface area contributed by atoms with Crippen molar-refractivity contribution in [1.82, 2.24) is 20.2 Å². The zero-order valence-corrected chi connectivity index (χ0v) is 25.2. The van der Waals surface area contributed by atoms with Crippen LogP contribution >= 0.6 is 0 Å². The van der Waals surface area contributed by atoms with Gasteiger partial charge < -0.3 is 29.2 Å². The van der Waals surface area contributed by atoms with Gasteiger partial charge in [0.25, 0.3) is 0 Å². The van der Waals surface area contributed by atoms with Crippen molar-refractivity contribution in [1.29, 1.82) is 0 Å². The average molecular weight is 605 g/mol. The second-order valence-electron chi connectivity index (χ2n) is 12.7. The van der Waals surface area contributed by atoms with E-state index in [4.69, 9.17) is 18.9 Å². The molecular formula is C30H38F2N4O7. The lowest BCUT2D eigenvalue weighted by Gasteiger charge is -2.35. The fraction of sp³-hybridized carbons (Fsp3) is 0.633. The number of carbonyl (C=O) groups excluding carboxylic acids is 3. The minimum Gasteiger partial charge on any atom is -0.497 e. The topological polar surface area (TPSA) is 129 Å². The normalized spacial score (nSPS) is 29.7. The van der Waals surface area contributed by atoms with Crippen molar-refractivity contribution in [2.45, 2.75) is 77.7 Å². The van der Waals surface area contributed by atoms with Crippen LogP contribution in [0.4, 0.5) is 13.6 Å². The summed E-state index contributed by atoms with van der Waals surface area (Å²) >= 11 is 0. The Balaban J connectivity index is 1.57. The van der Waals surface area contributed by atoms with E-state index in [2.05, 4.69) is 15.3 Å². The molecule has 2 bridgehead atoms. The number of aromatic nitrogens is 2. The van der Waals surface area contributed by atoms with Gasteiger partial charge in [-0.05, 0) is 37.3 Å². The number of benzene rings is 1. The van der Waals surface area contributed by atoms with Gasteiger partial charge in [0.05, 0.1) is 30.7 Å². The maximum Gasteiger partial charge on any atom is 0.408 e. The first-order chi connectivity index (χ1) is 20.2. The zero-order chi connectivity index (χ0) is 31.3. The number of hydrogen-bond acceptors (Lipinski definition) is 9. The Morgan fingerprint density at radius 3 is 2.56 bits per heavy atom. The van der Waals surface area contributed by atoms with Gasteiger partial charge in [0, 0.05) is 24.5 Å². The van der Waals surface area contributed by atoms with E-state index in [0.29, 0.717) is 18.6 Å². The van der Waals surface area contributed by atoms with E-state index in [1.54, 1.807) is 39.8 Å². The molecule has 43 heavy (non-hydrogen) atoms. The van der Waals surface area contributed by atoms with Gasteiger partial charge in [0.1, 0.15) is 30.6 Å². The van der Waals surface area contributed by atoms with Crippen LogP contribution in [-0.4, -0.2) is 83.8 Å². The quantitative estimate of drug-likeness (QED) is 0.543. The highest BCUT2D eigenvalue weighted by atomic mass is 19.3. The van der Waals surface area contributed by atoms with Gasteiger partial charge in [-0.15, -0.1) is 0 Å². The highest BCUT2D eigenvalue weighted by molar-refractivity contribution is 5.92. The summed E-state index contributed by atoms with van der Waals surface area (Å²) in [5.41, 5.74) is -0.955. The number of methoxy groups -OCH3 is 1. The molecule has 3 heterocycles. The molecule has 5 rings (SSSR count). The highest BCUT2D eigenvalue weighted by Gasteiger charge is 2.50. The lowest BCUT2D eigenvalue weighted by molar-refractivity contribution is -0.141. The first kappa shape index (κ1) is 30.8. The standard InChI is InChI=1S/C30H38F2N4O7/c1-15-22-13-36(23(15)16(2)37)27(38)25(29(3,4)5)35-28(39)43-21-11-17(21)9-10-41-14-30(31,32)24-26(42-22)34-20-12-18(40-6)7-8-19(20)33-24/h7-8,12,15,17,21-23,25H,9-11,13-14H2,1-6H3,(H,35,39)/t15-,17-,21-,22+,23+,25-/m1/s1. The van der Waals surface area contributed by atoms with Crippen LogP contribution < -0.4 is 14.8 Å². The van der Waals surface area contributed by atoms with Crippen molar-refractivity contribution >= 4 is 28.8 Å². The molecule has 3 aliphatic rings. The lowest BCUT2D eigenvalue weighted by Crippen LogP contribution is -2.57. The van der Waals surface area contributed by atoms with E-state index >= 15 is 8.78 Å². The molecule has 234 valence electrons. The summed E-state index contributed by atoms with van der Waals surface area (Å²) < 4.78 is 53.8. The van der Waals surface area contributed by atoms with Crippen molar-refractivity contribution < 1.29 is 42.1 Å². The molecule has 2 fully saturated rings. The maximum absolute atomic E-state index is 15.7. The number of nitrogens with zero attached hydrogens (tertiary/aromatic N) is 3. The molecular weight excluding hydrogens is 566 g/mol. The van der Waals surface area contributed by atoms with Crippen molar-refractivity contribution in [3.63, 3.8) is 0 Å². The number of alkyl carbamates (subject to hydrolysis) is 1. The molecule has 2 amide bonds. The molecule has 2 aliphatic heterocycles. The second kappa shape index (κ2) is 11.5. The molecule has 2 aromatic rings. The van der Waals surface area contributed by atoms with Crippen molar-refractivity contribution in [3.8, 4) is 11.6 Å². The number of carbonyl (C=O) groups is 3. The Bertz CT molecular complexity index is 1410. The molecule has 0 spiro atoms. The van der Waals surface area contributed by atoms with Gasteiger partial charge in [-0.2, -0.15) is 8.78 Å². The van der Waals surface area contributed by atoms with Gasteiger partial charge in [0.2, 0.25) is 11.8 Å². The molecule has 11 nitrogen and oxygen atoms in total. The molecule has 1 aromatic carbocycles. The van der Waals surface area contributed by atoms with Crippen LogP contribution in [0.3, 0.4) is 0 Å². The minimum absolute atomic E-state index is 0.0220. The van der Waals surface area contributed by atoms with Crippen LogP contribution in [0.1, 0.15) is 53.2 Å². The number of hydrogen-bond donors (Lipinski definition) is 1. The predicted molar refractivity (Wildman–Crippen MR) is 150 cm³/mol. The summed E-state index contributed by atoms with van der Waals surface area (Å²) in [7, 11) is 1.47. The molecule has 0 unspecified atom stereocenters. The highest BCUT2D eigenvalue weighted by Crippen LogP contribution is 2.40. The summed E-state index contributed by atoms with van der Waals surface area (Å²) in [4.78, 5) is 49.7. The Morgan fingerprint density at radius 2 is 1.88 bits per heavy atom. The van der Waals surface area contributed by atoms with Crippen molar-refractivity contribution in [2.75, 3.05) is 26.9 Å². The average Bonchev–Trinajstić information content (AvgIpc) is 3.58. The number of ether oxygens (including phenoxy) is 4. The number of fused-ring (bicyclic) bond motifs is 5.